The van der Waals surface area contributed by atoms with Gasteiger partial charge >= 0.3 is 0 Å². The van der Waals surface area contributed by atoms with Crippen molar-refractivity contribution in [3.8, 4) is 17.3 Å². The second kappa shape index (κ2) is 7.28. The second-order valence-corrected chi connectivity index (χ2v) is 6.69. The van der Waals surface area contributed by atoms with Crippen molar-refractivity contribution in [3.63, 3.8) is 0 Å². The Morgan fingerprint density at radius 2 is 2.15 bits per heavy atom. The molecule has 27 heavy (non-hydrogen) atoms. The minimum atomic E-state index is -0.0848. The Kier molecular flexibility index (Phi) is 4.68. The van der Waals surface area contributed by atoms with Gasteiger partial charge in [0.1, 0.15) is 11.4 Å². The van der Waals surface area contributed by atoms with Gasteiger partial charge in [0.2, 0.25) is 0 Å². The van der Waals surface area contributed by atoms with Crippen molar-refractivity contribution in [2.45, 2.75) is 26.4 Å². The number of fused-ring (bicyclic) bond motifs is 1. The topological polar surface area (TPSA) is 84.0 Å². The van der Waals surface area contributed by atoms with Crippen LogP contribution in [-0.2, 0) is 19.5 Å². The molecular formula is C20H21N5O2. The molecule has 0 atom stereocenters. The van der Waals surface area contributed by atoms with Crippen LogP contribution in [0, 0.1) is 6.92 Å². The molecule has 0 fully saturated rings. The van der Waals surface area contributed by atoms with E-state index in [0.717, 1.165) is 35.8 Å². The number of aromatic amines is 1. The van der Waals surface area contributed by atoms with E-state index in [4.69, 9.17) is 4.74 Å². The molecule has 1 aromatic carbocycles. The van der Waals surface area contributed by atoms with Crippen LogP contribution in [0.1, 0.15) is 22.5 Å². The summed E-state index contributed by atoms with van der Waals surface area (Å²) in [6.07, 6.45) is 3.99. The summed E-state index contributed by atoms with van der Waals surface area (Å²) >= 11 is 0. The summed E-state index contributed by atoms with van der Waals surface area (Å²) in [5.41, 5.74) is 4.06. The number of hydrogen-bond acceptors (Lipinski definition) is 6. The molecule has 0 saturated carbocycles. The Bertz CT molecular complexity index is 1010. The van der Waals surface area contributed by atoms with E-state index in [0.29, 0.717) is 24.5 Å². The van der Waals surface area contributed by atoms with Crippen LogP contribution >= 0.6 is 0 Å². The van der Waals surface area contributed by atoms with Gasteiger partial charge < -0.3 is 9.72 Å². The average molecular weight is 363 g/mol. The fourth-order valence-corrected chi connectivity index (χ4v) is 3.29. The zero-order valence-electron chi connectivity index (χ0n) is 15.4. The Morgan fingerprint density at radius 3 is 2.93 bits per heavy atom. The van der Waals surface area contributed by atoms with Crippen molar-refractivity contribution in [2.75, 3.05) is 13.7 Å². The molecule has 2 aromatic heterocycles. The molecule has 0 saturated heterocycles. The first kappa shape index (κ1) is 17.4. The van der Waals surface area contributed by atoms with Gasteiger partial charge in [0.05, 0.1) is 24.7 Å². The fourth-order valence-electron chi connectivity index (χ4n) is 3.29. The summed E-state index contributed by atoms with van der Waals surface area (Å²) in [7, 11) is 1.67. The monoisotopic (exact) mass is 363 g/mol. The van der Waals surface area contributed by atoms with Crippen LogP contribution in [0.2, 0.25) is 0 Å². The van der Waals surface area contributed by atoms with Crippen LogP contribution in [-0.4, -0.2) is 38.5 Å². The summed E-state index contributed by atoms with van der Waals surface area (Å²) < 4.78 is 5.30. The molecule has 1 aliphatic rings. The molecule has 0 aliphatic carbocycles. The third kappa shape index (κ3) is 3.73. The number of aryl methyl sites for hydroxylation is 1. The first-order valence-corrected chi connectivity index (χ1v) is 8.89. The lowest BCUT2D eigenvalue weighted by Gasteiger charge is -2.27. The smallest absolute Gasteiger partial charge is 0.254 e. The van der Waals surface area contributed by atoms with Gasteiger partial charge in [-0.05, 0) is 31.0 Å². The van der Waals surface area contributed by atoms with Gasteiger partial charge in [-0.25, -0.2) is 9.97 Å². The maximum absolute atomic E-state index is 12.5. The lowest BCUT2D eigenvalue weighted by molar-refractivity contribution is 0.240. The number of benzene rings is 1. The summed E-state index contributed by atoms with van der Waals surface area (Å²) in [5.74, 6) is 1.31. The van der Waals surface area contributed by atoms with Crippen molar-refractivity contribution in [1.29, 1.82) is 0 Å². The lowest BCUT2D eigenvalue weighted by Crippen LogP contribution is -2.35. The van der Waals surface area contributed by atoms with Crippen molar-refractivity contribution >= 4 is 0 Å². The number of hydrogen-bond donors (Lipinski definition) is 1. The van der Waals surface area contributed by atoms with Crippen LogP contribution in [0.3, 0.4) is 0 Å². The highest BCUT2D eigenvalue weighted by Crippen LogP contribution is 2.20. The van der Waals surface area contributed by atoms with Crippen LogP contribution in [0.4, 0.5) is 0 Å². The van der Waals surface area contributed by atoms with Crippen LogP contribution < -0.4 is 10.3 Å². The molecule has 1 aliphatic heterocycles. The van der Waals surface area contributed by atoms with Crippen molar-refractivity contribution < 1.29 is 4.74 Å². The Labute approximate surface area is 157 Å². The average Bonchev–Trinajstić information content (AvgIpc) is 2.68. The van der Waals surface area contributed by atoms with E-state index in [9.17, 15) is 4.79 Å². The molecule has 0 unspecified atom stereocenters. The number of nitrogens with zero attached hydrogens (tertiary/aromatic N) is 4. The molecule has 0 spiro atoms. The minimum absolute atomic E-state index is 0.0848. The standard InChI is InChI=1S/C20H21N5O2/c1-13-9-22-17(10-21-13)19-23-18-12-25(7-6-16(18)20(26)24-19)11-14-4-3-5-15(8-14)27-2/h3-5,8-10H,6-7,11-12H2,1-2H3,(H,23,24,26). The quantitative estimate of drug-likeness (QED) is 0.764. The second-order valence-electron chi connectivity index (χ2n) is 6.69. The summed E-state index contributed by atoms with van der Waals surface area (Å²) in [6, 6.07) is 8.04. The molecule has 1 N–H and O–H groups in total. The van der Waals surface area contributed by atoms with Crippen LogP contribution in [0.5, 0.6) is 5.75 Å². The van der Waals surface area contributed by atoms with E-state index in [1.165, 1.54) is 5.56 Å². The number of nitrogens with one attached hydrogen (secondary N) is 1. The summed E-state index contributed by atoms with van der Waals surface area (Å²) in [4.78, 5) is 30.9. The number of aromatic nitrogens is 4. The van der Waals surface area contributed by atoms with Crippen molar-refractivity contribution in [2.24, 2.45) is 0 Å². The van der Waals surface area contributed by atoms with Gasteiger partial charge in [0.25, 0.3) is 5.56 Å². The third-order valence-corrected chi connectivity index (χ3v) is 4.72. The summed E-state index contributed by atoms with van der Waals surface area (Å²) in [5, 5.41) is 0. The van der Waals surface area contributed by atoms with Gasteiger partial charge in [-0.1, -0.05) is 12.1 Å². The van der Waals surface area contributed by atoms with E-state index < -0.39 is 0 Å². The Morgan fingerprint density at radius 1 is 1.26 bits per heavy atom. The van der Waals surface area contributed by atoms with E-state index >= 15 is 0 Å². The molecule has 0 amide bonds. The van der Waals surface area contributed by atoms with Gasteiger partial charge in [-0.15, -0.1) is 0 Å². The zero-order valence-corrected chi connectivity index (χ0v) is 15.4. The van der Waals surface area contributed by atoms with Gasteiger partial charge in [-0.3, -0.25) is 14.7 Å². The maximum Gasteiger partial charge on any atom is 0.254 e. The van der Waals surface area contributed by atoms with Gasteiger partial charge in [0, 0.05) is 31.4 Å². The number of H-pyrrole nitrogens is 1. The van der Waals surface area contributed by atoms with Gasteiger partial charge in [0.15, 0.2) is 5.82 Å². The molecular weight excluding hydrogens is 342 g/mol. The third-order valence-electron chi connectivity index (χ3n) is 4.72. The highest BCUT2D eigenvalue weighted by molar-refractivity contribution is 5.48. The lowest BCUT2D eigenvalue weighted by atomic mass is 10.1. The van der Waals surface area contributed by atoms with E-state index in [1.807, 2.05) is 25.1 Å². The summed E-state index contributed by atoms with van der Waals surface area (Å²) in [6.45, 7) is 4.10. The van der Waals surface area contributed by atoms with E-state index in [2.05, 4.69) is 30.9 Å². The molecule has 7 nitrogen and oxygen atoms in total. The minimum Gasteiger partial charge on any atom is -0.497 e. The maximum atomic E-state index is 12.5. The first-order chi connectivity index (χ1) is 13.1. The van der Waals surface area contributed by atoms with E-state index in [1.54, 1.807) is 19.5 Å². The van der Waals surface area contributed by atoms with E-state index in [-0.39, 0.29) is 5.56 Å². The van der Waals surface area contributed by atoms with Crippen LogP contribution in [0.25, 0.3) is 11.5 Å². The van der Waals surface area contributed by atoms with Crippen LogP contribution in [0.15, 0.2) is 41.5 Å². The fraction of sp³-hybridized carbons (Fsp3) is 0.300. The molecule has 4 rings (SSSR count). The highest BCUT2D eigenvalue weighted by atomic mass is 16.5. The Balaban J connectivity index is 1.59. The highest BCUT2D eigenvalue weighted by Gasteiger charge is 2.22. The molecule has 0 radical (unpaired) electrons. The molecule has 3 aromatic rings. The molecule has 0 bridgehead atoms. The predicted octanol–water partition coefficient (Wildman–Crippen LogP) is 2.10. The normalized spacial score (nSPS) is 14.0. The van der Waals surface area contributed by atoms with Gasteiger partial charge in [-0.2, -0.15) is 0 Å². The largest absolute Gasteiger partial charge is 0.497 e. The number of ether oxygens (including phenoxy) is 1. The molecule has 138 valence electrons. The number of rotatable bonds is 4. The molecule has 3 heterocycles. The van der Waals surface area contributed by atoms with Crippen molar-refractivity contribution in [3.05, 3.63) is 69.5 Å². The SMILES string of the molecule is COc1cccc(CN2CCc3c(nc(-c4cnc(C)cn4)[nH]c3=O)C2)c1. The Hall–Kier alpha value is -3.06. The van der Waals surface area contributed by atoms with Crippen molar-refractivity contribution in [1.82, 2.24) is 24.8 Å². The molecule has 7 heteroatoms. The predicted molar refractivity (Wildman–Crippen MR) is 101 cm³/mol. The zero-order chi connectivity index (χ0) is 18.8. The first-order valence-electron chi connectivity index (χ1n) is 8.89. The number of methoxy groups -OCH3 is 1.